The molecule has 16 heavy (non-hydrogen) atoms. The summed E-state index contributed by atoms with van der Waals surface area (Å²) in [7, 11) is 0. The molecule has 2 aromatic heterocycles. The van der Waals surface area contributed by atoms with Crippen LogP contribution in [0.5, 0.6) is 0 Å². The molecule has 0 spiro atoms. The first-order chi connectivity index (χ1) is 7.83. The summed E-state index contributed by atoms with van der Waals surface area (Å²) in [5.74, 6) is 0. The minimum absolute atomic E-state index is 0.140. The van der Waals surface area contributed by atoms with Crippen LogP contribution >= 0.6 is 11.3 Å². The lowest BCUT2D eigenvalue weighted by Gasteiger charge is -2.08. The molecule has 0 radical (unpaired) electrons. The summed E-state index contributed by atoms with van der Waals surface area (Å²) in [4.78, 5) is 16.2. The summed E-state index contributed by atoms with van der Waals surface area (Å²) < 4.78 is 1.33. The molecule has 1 N–H and O–H groups in total. The van der Waals surface area contributed by atoms with E-state index in [1.165, 1.54) is 28.1 Å². The van der Waals surface area contributed by atoms with Gasteiger partial charge >= 0.3 is 0 Å². The number of rotatable bonds is 2. The summed E-state index contributed by atoms with van der Waals surface area (Å²) in [5.41, 5.74) is -0.140. The smallest absolute Gasteiger partial charge is 0.275 e. The molecule has 1 aliphatic carbocycles. The van der Waals surface area contributed by atoms with Gasteiger partial charge in [0, 0.05) is 18.3 Å². The van der Waals surface area contributed by atoms with Gasteiger partial charge in [0.1, 0.15) is 0 Å². The van der Waals surface area contributed by atoms with Gasteiger partial charge < -0.3 is 5.32 Å². The van der Waals surface area contributed by atoms with Gasteiger partial charge in [0.2, 0.25) is 10.1 Å². The van der Waals surface area contributed by atoms with E-state index >= 15 is 0 Å². The Bertz CT molecular complexity index is 592. The first-order valence-corrected chi connectivity index (χ1v) is 5.91. The predicted molar refractivity (Wildman–Crippen MR) is 62.9 cm³/mol. The minimum Gasteiger partial charge on any atom is -0.357 e. The molecule has 3 rings (SSSR count). The number of hydrogen-bond acceptors (Lipinski definition) is 5. The Morgan fingerprint density at radius 3 is 3.00 bits per heavy atom. The normalized spacial score (nSPS) is 16.0. The second-order valence-electron chi connectivity index (χ2n) is 3.67. The van der Waals surface area contributed by atoms with Crippen LogP contribution < -0.4 is 10.9 Å². The molecule has 0 unspecified atom stereocenters. The van der Waals surface area contributed by atoms with Crippen molar-refractivity contribution in [1.82, 2.24) is 14.6 Å². The first-order valence-electron chi connectivity index (χ1n) is 5.09. The Morgan fingerprint density at radius 2 is 2.25 bits per heavy atom. The van der Waals surface area contributed by atoms with Gasteiger partial charge in [0.05, 0.1) is 0 Å². The summed E-state index contributed by atoms with van der Waals surface area (Å²) in [5, 5.41) is 8.25. The van der Waals surface area contributed by atoms with E-state index in [4.69, 9.17) is 0 Å². The topological polar surface area (TPSA) is 59.3 Å². The number of fused-ring (bicyclic) bond motifs is 1. The third kappa shape index (κ3) is 1.61. The highest BCUT2D eigenvalue weighted by molar-refractivity contribution is 7.20. The second-order valence-corrected chi connectivity index (χ2v) is 4.62. The predicted octanol–water partition coefficient (Wildman–Crippen LogP) is 1.28. The molecule has 0 saturated heterocycles. The van der Waals surface area contributed by atoms with Gasteiger partial charge in [-0.05, 0) is 12.8 Å². The maximum absolute atomic E-state index is 11.5. The number of nitrogens with zero attached hydrogens (tertiary/aromatic N) is 3. The molecule has 0 bridgehead atoms. The monoisotopic (exact) mass is 234 g/mol. The van der Waals surface area contributed by atoms with E-state index in [0.717, 1.165) is 18.0 Å². The highest BCUT2D eigenvalue weighted by atomic mass is 32.1. The van der Waals surface area contributed by atoms with E-state index in [-0.39, 0.29) is 5.56 Å². The summed E-state index contributed by atoms with van der Waals surface area (Å²) in [6.45, 7) is 0. The highest BCUT2D eigenvalue weighted by Crippen LogP contribution is 2.20. The van der Waals surface area contributed by atoms with E-state index in [1.807, 2.05) is 0 Å². The average molecular weight is 234 g/mol. The summed E-state index contributed by atoms with van der Waals surface area (Å²) >= 11 is 1.40. The molecular weight excluding hydrogens is 224 g/mol. The van der Waals surface area contributed by atoms with E-state index in [9.17, 15) is 4.79 Å². The average Bonchev–Trinajstić information content (AvgIpc) is 2.88. The lowest BCUT2D eigenvalue weighted by atomic mass is 10.2. The van der Waals surface area contributed by atoms with Crippen LogP contribution in [-0.4, -0.2) is 20.6 Å². The zero-order chi connectivity index (χ0) is 11.0. The lowest BCUT2D eigenvalue weighted by molar-refractivity contribution is 0.775. The third-order valence-electron chi connectivity index (χ3n) is 2.51. The number of anilines is 1. The SMILES string of the molecule is O=c1ccnc2sc(NC3CC=CC3)nn12. The summed E-state index contributed by atoms with van der Waals surface area (Å²) in [6, 6.07) is 1.81. The molecule has 0 amide bonds. The van der Waals surface area contributed by atoms with Crippen LogP contribution in [0, 0.1) is 0 Å². The van der Waals surface area contributed by atoms with Crippen LogP contribution in [0.1, 0.15) is 12.8 Å². The Kier molecular flexibility index (Phi) is 2.21. The van der Waals surface area contributed by atoms with Crippen molar-refractivity contribution >= 4 is 21.4 Å². The standard InChI is InChI=1S/C10H10N4OS/c15-8-5-6-11-10-14(8)13-9(16-10)12-7-3-1-2-4-7/h1-2,5-7H,3-4H2,(H,12,13). The molecule has 0 aromatic carbocycles. The largest absolute Gasteiger partial charge is 0.357 e. The van der Waals surface area contributed by atoms with Gasteiger partial charge in [-0.2, -0.15) is 4.52 Å². The Labute approximate surface area is 95.4 Å². The minimum atomic E-state index is -0.140. The van der Waals surface area contributed by atoms with E-state index < -0.39 is 0 Å². The van der Waals surface area contributed by atoms with Crippen LogP contribution in [0.4, 0.5) is 5.13 Å². The summed E-state index contributed by atoms with van der Waals surface area (Å²) in [6.07, 6.45) is 7.83. The van der Waals surface area contributed by atoms with Crippen molar-refractivity contribution < 1.29 is 0 Å². The Morgan fingerprint density at radius 1 is 1.44 bits per heavy atom. The highest BCUT2D eigenvalue weighted by Gasteiger charge is 2.13. The van der Waals surface area contributed by atoms with Gasteiger partial charge in [-0.3, -0.25) is 4.79 Å². The van der Waals surface area contributed by atoms with Gasteiger partial charge in [0.15, 0.2) is 0 Å². The molecule has 0 fully saturated rings. The molecule has 0 atom stereocenters. The lowest BCUT2D eigenvalue weighted by Crippen LogP contribution is -2.16. The van der Waals surface area contributed by atoms with Crippen LogP contribution in [-0.2, 0) is 0 Å². The van der Waals surface area contributed by atoms with Gasteiger partial charge in [0.25, 0.3) is 5.56 Å². The fourth-order valence-corrected chi connectivity index (χ4v) is 2.56. The fourth-order valence-electron chi connectivity index (χ4n) is 1.71. The molecule has 0 aliphatic heterocycles. The van der Waals surface area contributed by atoms with Gasteiger partial charge in [-0.15, -0.1) is 5.10 Å². The van der Waals surface area contributed by atoms with E-state index in [2.05, 4.69) is 27.6 Å². The van der Waals surface area contributed by atoms with Crippen molar-refractivity contribution in [2.24, 2.45) is 0 Å². The number of hydrogen-bond donors (Lipinski definition) is 1. The molecule has 2 aromatic rings. The maximum Gasteiger partial charge on any atom is 0.275 e. The van der Waals surface area contributed by atoms with Crippen LogP contribution in [0.25, 0.3) is 4.96 Å². The molecule has 0 saturated carbocycles. The van der Waals surface area contributed by atoms with Crippen molar-refractivity contribution in [2.45, 2.75) is 18.9 Å². The number of aromatic nitrogens is 3. The molecule has 5 nitrogen and oxygen atoms in total. The zero-order valence-corrected chi connectivity index (χ0v) is 9.28. The van der Waals surface area contributed by atoms with E-state index in [0.29, 0.717) is 11.0 Å². The fraction of sp³-hybridized carbons (Fsp3) is 0.300. The number of nitrogens with one attached hydrogen (secondary N) is 1. The first kappa shape index (κ1) is 9.53. The van der Waals surface area contributed by atoms with Crippen molar-refractivity contribution in [2.75, 3.05) is 5.32 Å². The Balaban J connectivity index is 1.93. The third-order valence-corrected chi connectivity index (χ3v) is 3.36. The van der Waals surface area contributed by atoms with E-state index in [1.54, 1.807) is 0 Å². The molecule has 1 aliphatic rings. The zero-order valence-electron chi connectivity index (χ0n) is 8.46. The van der Waals surface area contributed by atoms with Crippen molar-refractivity contribution in [3.63, 3.8) is 0 Å². The molecular formula is C10H10N4OS. The van der Waals surface area contributed by atoms with Gasteiger partial charge in [-0.25, -0.2) is 4.98 Å². The molecule has 82 valence electrons. The second kappa shape index (κ2) is 3.71. The maximum atomic E-state index is 11.5. The van der Waals surface area contributed by atoms with Crippen molar-refractivity contribution in [3.05, 3.63) is 34.8 Å². The van der Waals surface area contributed by atoms with Gasteiger partial charge in [-0.1, -0.05) is 23.5 Å². The van der Waals surface area contributed by atoms with Crippen molar-refractivity contribution in [3.8, 4) is 0 Å². The molecule has 6 heteroatoms. The quantitative estimate of drug-likeness (QED) is 0.795. The Hall–Kier alpha value is -1.69. The van der Waals surface area contributed by atoms with Crippen LogP contribution in [0.2, 0.25) is 0 Å². The van der Waals surface area contributed by atoms with Crippen LogP contribution in [0.15, 0.2) is 29.2 Å². The molecule has 2 heterocycles. The van der Waals surface area contributed by atoms with Crippen molar-refractivity contribution in [1.29, 1.82) is 0 Å². The van der Waals surface area contributed by atoms with Crippen LogP contribution in [0.3, 0.4) is 0 Å².